The Bertz CT molecular complexity index is 895. The molecule has 0 unspecified atom stereocenters. The number of sulfonamides is 1. The third-order valence-electron chi connectivity index (χ3n) is 4.08. The van der Waals surface area contributed by atoms with Crippen molar-refractivity contribution < 1.29 is 22.7 Å². The summed E-state index contributed by atoms with van der Waals surface area (Å²) in [4.78, 5) is 11.9. The van der Waals surface area contributed by atoms with E-state index in [2.05, 4.69) is 17.0 Å². The molecule has 2 aromatic rings. The summed E-state index contributed by atoms with van der Waals surface area (Å²) in [5.41, 5.74) is 1.39. The summed E-state index contributed by atoms with van der Waals surface area (Å²) in [6.45, 7) is 2.40. The highest BCUT2D eigenvalue weighted by Gasteiger charge is 2.19. The summed E-state index contributed by atoms with van der Waals surface area (Å²) in [6.07, 6.45) is 2.09. The van der Waals surface area contributed by atoms with Crippen LogP contribution in [0.4, 0.5) is 0 Å². The lowest BCUT2D eigenvalue weighted by Crippen LogP contribution is -2.28. The molecule has 2 aromatic carbocycles. The minimum atomic E-state index is -3.78. The number of ether oxygens (including phenoxy) is 2. The maximum Gasteiger partial charge on any atom is 0.254 e. The standard InChI is InChI=1S/C20H26N2O5S/c1-4-5-15-6-8-16(9-7-15)27-13-12-22-28(24,25)17-10-11-19(26-3)18(14-17)20(23)21-2/h6-11,14,22H,4-5,12-13H2,1-3H3,(H,21,23). The van der Waals surface area contributed by atoms with E-state index in [4.69, 9.17) is 9.47 Å². The molecule has 0 radical (unpaired) electrons. The molecule has 0 aliphatic heterocycles. The van der Waals surface area contributed by atoms with Gasteiger partial charge in [0.1, 0.15) is 18.1 Å². The lowest BCUT2D eigenvalue weighted by atomic mass is 10.1. The molecular formula is C20H26N2O5S. The Morgan fingerprint density at radius 1 is 1.11 bits per heavy atom. The molecule has 2 N–H and O–H groups in total. The van der Waals surface area contributed by atoms with E-state index in [1.54, 1.807) is 0 Å². The maximum atomic E-state index is 12.5. The molecule has 152 valence electrons. The zero-order valence-electron chi connectivity index (χ0n) is 16.3. The van der Waals surface area contributed by atoms with Crippen LogP contribution >= 0.6 is 0 Å². The molecule has 0 saturated heterocycles. The first-order chi connectivity index (χ1) is 13.4. The third kappa shape index (κ3) is 5.71. The number of benzene rings is 2. The van der Waals surface area contributed by atoms with E-state index < -0.39 is 15.9 Å². The number of nitrogens with one attached hydrogen (secondary N) is 2. The van der Waals surface area contributed by atoms with Crippen LogP contribution in [0.3, 0.4) is 0 Å². The van der Waals surface area contributed by atoms with Crippen molar-refractivity contribution in [2.75, 3.05) is 27.3 Å². The maximum absolute atomic E-state index is 12.5. The van der Waals surface area contributed by atoms with Gasteiger partial charge in [-0.2, -0.15) is 0 Å². The molecule has 0 bridgehead atoms. The minimum absolute atomic E-state index is 0.0178. The van der Waals surface area contributed by atoms with Crippen LogP contribution in [0.25, 0.3) is 0 Å². The Morgan fingerprint density at radius 2 is 1.82 bits per heavy atom. The largest absolute Gasteiger partial charge is 0.496 e. The van der Waals surface area contributed by atoms with Crippen LogP contribution in [0.15, 0.2) is 47.4 Å². The quantitative estimate of drug-likeness (QED) is 0.591. The van der Waals surface area contributed by atoms with Gasteiger partial charge in [-0.15, -0.1) is 0 Å². The summed E-state index contributed by atoms with van der Waals surface area (Å²) in [5.74, 6) is 0.558. The van der Waals surface area contributed by atoms with Gasteiger partial charge >= 0.3 is 0 Å². The number of hydrogen-bond donors (Lipinski definition) is 2. The van der Waals surface area contributed by atoms with Crippen molar-refractivity contribution in [3.8, 4) is 11.5 Å². The van der Waals surface area contributed by atoms with Gasteiger partial charge < -0.3 is 14.8 Å². The first kappa shape index (κ1) is 21.7. The second kappa shape index (κ2) is 10.1. The van der Waals surface area contributed by atoms with Gasteiger partial charge in [-0.05, 0) is 42.3 Å². The van der Waals surface area contributed by atoms with Crippen molar-refractivity contribution in [3.05, 3.63) is 53.6 Å². The lowest BCUT2D eigenvalue weighted by molar-refractivity contribution is 0.0960. The number of carbonyl (C=O) groups is 1. The first-order valence-corrected chi connectivity index (χ1v) is 10.5. The van der Waals surface area contributed by atoms with Crippen molar-refractivity contribution in [2.45, 2.75) is 24.7 Å². The van der Waals surface area contributed by atoms with Crippen molar-refractivity contribution in [2.24, 2.45) is 0 Å². The number of rotatable bonds is 10. The minimum Gasteiger partial charge on any atom is -0.496 e. The highest BCUT2D eigenvalue weighted by Crippen LogP contribution is 2.22. The van der Waals surface area contributed by atoms with E-state index in [9.17, 15) is 13.2 Å². The van der Waals surface area contributed by atoms with Crippen molar-refractivity contribution in [1.29, 1.82) is 0 Å². The van der Waals surface area contributed by atoms with E-state index in [0.717, 1.165) is 12.8 Å². The number of aryl methyl sites for hydroxylation is 1. The molecule has 8 heteroatoms. The smallest absolute Gasteiger partial charge is 0.254 e. The fourth-order valence-corrected chi connectivity index (χ4v) is 3.67. The average molecular weight is 407 g/mol. The summed E-state index contributed by atoms with van der Waals surface area (Å²) in [6, 6.07) is 11.9. The molecule has 0 aromatic heterocycles. The Morgan fingerprint density at radius 3 is 2.43 bits per heavy atom. The molecule has 0 spiro atoms. The summed E-state index contributed by atoms with van der Waals surface area (Å²) < 4.78 is 38.1. The lowest BCUT2D eigenvalue weighted by Gasteiger charge is -2.12. The predicted octanol–water partition coefficient (Wildman–Crippen LogP) is 2.36. The highest BCUT2D eigenvalue weighted by molar-refractivity contribution is 7.89. The Balaban J connectivity index is 1.97. The third-order valence-corrected chi connectivity index (χ3v) is 5.54. The number of hydrogen-bond acceptors (Lipinski definition) is 5. The van der Waals surface area contributed by atoms with Gasteiger partial charge in [-0.1, -0.05) is 25.5 Å². The Kier molecular flexibility index (Phi) is 7.83. The van der Waals surface area contributed by atoms with Gasteiger partial charge in [0.05, 0.1) is 17.6 Å². The van der Waals surface area contributed by atoms with Crippen LogP contribution in [0, 0.1) is 0 Å². The van der Waals surface area contributed by atoms with Gasteiger partial charge in [-0.3, -0.25) is 4.79 Å². The van der Waals surface area contributed by atoms with E-state index in [-0.39, 0.29) is 23.6 Å². The molecule has 0 aliphatic carbocycles. The summed E-state index contributed by atoms with van der Waals surface area (Å²) in [7, 11) is -0.901. The zero-order chi connectivity index (χ0) is 20.6. The number of methoxy groups -OCH3 is 1. The highest BCUT2D eigenvalue weighted by atomic mass is 32.2. The molecule has 0 atom stereocenters. The normalized spacial score (nSPS) is 11.1. The number of carbonyl (C=O) groups excluding carboxylic acids is 1. The second-order valence-electron chi connectivity index (χ2n) is 6.08. The van der Waals surface area contributed by atoms with Crippen LogP contribution in [-0.2, 0) is 16.4 Å². The van der Waals surface area contributed by atoms with E-state index >= 15 is 0 Å². The van der Waals surface area contributed by atoms with Crippen LogP contribution in [-0.4, -0.2) is 41.6 Å². The van der Waals surface area contributed by atoms with Crippen LogP contribution < -0.4 is 19.5 Å². The van der Waals surface area contributed by atoms with Gasteiger partial charge in [-0.25, -0.2) is 13.1 Å². The average Bonchev–Trinajstić information content (AvgIpc) is 2.71. The topological polar surface area (TPSA) is 93.7 Å². The van der Waals surface area contributed by atoms with Gasteiger partial charge in [0, 0.05) is 13.6 Å². The Labute approximate surface area is 166 Å². The summed E-state index contributed by atoms with van der Waals surface area (Å²) >= 11 is 0. The summed E-state index contributed by atoms with van der Waals surface area (Å²) in [5, 5.41) is 2.46. The monoisotopic (exact) mass is 406 g/mol. The van der Waals surface area contributed by atoms with Crippen molar-refractivity contribution >= 4 is 15.9 Å². The van der Waals surface area contributed by atoms with Crippen molar-refractivity contribution in [3.63, 3.8) is 0 Å². The molecule has 0 saturated carbocycles. The SMILES string of the molecule is CCCc1ccc(OCCNS(=O)(=O)c2ccc(OC)c(C(=O)NC)c2)cc1. The molecule has 2 rings (SSSR count). The van der Waals surface area contributed by atoms with E-state index in [0.29, 0.717) is 11.5 Å². The molecule has 1 amide bonds. The molecule has 7 nitrogen and oxygen atoms in total. The van der Waals surface area contributed by atoms with E-state index in [1.165, 1.54) is 37.9 Å². The van der Waals surface area contributed by atoms with Gasteiger partial charge in [0.2, 0.25) is 10.0 Å². The molecule has 0 aliphatic rings. The van der Waals surface area contributed by atoms with Gasteiger partial charge in [0.25, 0.3) is 5.91 Å². The second-order valence-corrected chi connectivity index (χ2v) is 7.85. The Hall–Kier alpha value is -2.58. The van der Waals surface area contributed by atoms with Crippen molar-refractivity contribution in [1.82, 2.24) is 10.0 Å². The molecule has 0 heterocycles. The van der Waals surface area contributed by atoms with Crippen LogP contribution in [0.5, 0.6) is 11.5 Å². The zero-order valence-corrected chi connectivity index (χ0v) is 17.1. The fourth-order valence-electron chi connectivity index (χ4n) is 2.64. The molecule has 28 heavy (non-hydrogen) atoms. The number of amides is 1. The predicted molar refractivity (Wildman–Crippen MR) is 108 cm³/mol. The first-order valence-electron chi connectivity index (χ1n) is 9.02. The molecular weight excluding hydrogens is 380 g/mol. The molecule has 0 fully saturated rings. The fraction of sp³-hybridized carbons (Fsp3) is 0.350. The van der Waals surface area contributed by atoms with Gasteiger partial charge in [0.15, 0.2) is 0 Å². The van der Waals surface area contributed by atoms with Crippen LogP contribution in [0.1, 0.15) is 29.3 Å². The van der Waals surface area contributed by atoms with Crippen LogP contribution in [0.2, 0.25) is 0 Å². The van der Waals surface area contributed by atoms with E-state index in [1.807, 2.05) is 24.3 Å².